The van der Waals surface area contributed by atoms with Gasteiger partial charge in [0, 0.05) is 7.11 Å². The second kappa shape index (κ2) is 5.47. The van der Waals surface area contributed by atoms with Crippen LogP contribution in [-0.2, 0) is 0 Å². The van der Waals surface area contributed by atoms with E-state index in [4.69, 9.17) is 49.4 Å². The Morgan fingerprint density at radius 2 is 1.00 bits per heavy atom. The SMILES string of the molecule is CO.Cl[Si](Cl)(Cl)Cl. The van der Waals surface area contributed by atoms with Gasteiger partial charge in [-0.25, -0.2) is 0 Å². The highest BCUT2D eigenvalue weighted by molar-refractivity contribution is 7.81. The first-order valence-electron chi connectivity index (χ1n) is 1.20. The number of hydrogen-bond acceptors (Lipinski definition) is 1. The lowest BCUT2D eigenvalue weighted by molar-refractivity contribution is 0.399. The summed E-state index contributed by atoms with van der Waals surface area (Å²) in [7, 11) is 1.00. The molecule has 0 bridgehead atoms. The predicted molar refractivity (Wildman–Crippen MR) is 37.3 cm³/mol. The van der Waals surface area contributed by atoms with Gasteiger partial charge in [-0.2, -0.15) is 0 Å². The minimum absolute atomic E-state index is 1.00. The zero-order valence-corrected chi connectivity index (χ0v) is 7.48. The van der Waals surface area contributed by atoms with Crippen LogP contribution in [0.1, 0.15) is 0 Å². The van der Waals surface area contributed by atoms with E-state index < -0.39 is 5.31 Å². The molecule has 0 aromatic carbocycles. The Morgan fingerprint density at radius 1 is 1.00 bits per heavy atom. The van der Waals surface area contributed by atoms with Crippen molar-refractivity contribution in [1.29, 1.82) is 0 Å². The first-order chi connectivity index (χ1) is 3.00. The molecule has 0 aliphatic heterocycles. The van der Waals surface area contributed by atoms with E-state index >= 15 is 0 Å². The van der Waals surface area contributed by atoms with E-state index in [0.717, 1.165) is 7.11 Å². The highest BCUT2D eigenvalue weighted by Gasteiger charge is 2.19. The molecule has 0 amide bonds. The third-order valence-electron chi connectivity index (χ3n) is 0. The Kier molecular flexibility index (Phi) is 8.74. The van der Waals surface area contributed by atoms with Gasteiger partial charge in [0.05, 0.1) is 0 Å². The van der Waals surface area contributed by atoms with Gasteiger partial charge in [-0.15, -0.1) is 44.3 Å². The summed E-state index contributed by atoms with van der Waals surface area (Å²) in [5.41, 5.74) is 0. The maximum atomic E-state index is 7.00. The second-order valence-electron chi connectivity index (χ2n) is 0.429. The zero-order valence-electron chi connectivity index (χ0n) is 3.46. The van der Waals surface area contributed by atoms with Gasteiger partial charge in [-0.1, -0.05) is 0 Å². The van der Waals surface area contributed by atoms with Crippen LogP contribution < -0.4 is 0 Å². The molecule has 0 heterocycles. The molecule has 0 atom stereocenters. The van der Waals surface area contributed by atoms with Crippen molar-refractivity contribution in [2.24, 2.45) is 0 Å². The van der Waals surface area contributed by atoms with Gasteiger partial charge >= 0.3 is 5.31 Å². The zero-order chi connectivity index (χ0) is 6.50. The lowest BCUT2D eigenvalue weighted by Gasteiger charge is -1.85. The van der Waals surface area contributed by atoms with Gasteiger partial charge in [0.25, 0.3) is 0 Å². The van der Waals surface area contributed by atoms with Crippen molar-refractivity contribution in [2.75, 3.05) is 7.11 Å². The molecular weight excluding hydrogens is 198 g/mol. The molecule has 0 aliphatic carbocycles. The molecule has 0 spiro atoms. The van der Waals surface area contributed by atoms with Crippen molar-refractivity contribution in [3.63, 3.8) is 0 Å². The first kappa shape index (κ1) is 11.2. The molecule has 0 saturated heterocycles. The van der Waals surface area contributed by atoms with Gasteiger partial charge < -0.3 is 5.11 Å². The predicted octanol–water partition coefficient (Wildman–Crippen LogP) is 1.99. The molecule has 6 heteroatoms. The average Bonchev–Trinajstić information content (AvgIpc) is 1.36. The number of aliphatic hydroxyl groups excluding tert-OH is 1. The van der Waals surface area contributed by atoms with E-state index in [1.165, 1.54) is 0 Å². The van der Waals surface area contributed by atoms with Crippen molar-refractivity contribution in [3.8, 4) is 0 Å². The fourth-order valence-electron chi connectivity index (χ4n) is 0. The van der Waals surface area contributed by atoms with Gasteiger partial charge in [-0.3, -0.25) is 0 Å². The quantitative estimate of drug-likeness (QED) is 0.470. The Balaban J connectivity index is 0. The van der Waals surface area contributed by atoms with E-state index in [9.17, 15) is 0 Å². The number of halogens is 4. The topological polar surface area (TPSA) is 20.2 Å². The highest BCUT2D eigenvalue weighted by atomic mass is 36.0. The molecule has 0 rings (SSSR count). The van der Waals surface area contributed by atoms with Crippen LogP contribution in [0.4, 0.5) is 0 Å². The van der Waals surface area contributed by atoms with Crippen LogP contribution in [-0.4, -0.2) is 17.5 Å². The molecule has 0 saturated carbocycles. The molecule has 46 valence electrons. The van der Waals surface area contributed by atoms with Crippen molar-refractivity contribution in [3.05, 3.63) is 0 Å². The third-order valence-corrected chi connectivity index (χ3v) is 0. The van der Waals surface area contributed by atoms with Crippen LogP contribution in [0.5, 0.6) is 0 Å². The van der Waals surface area contributed by atoms with Crippen molar-refractivity contribution in [1.82, 2.24) is 0 Å². The molecule has 1 nitrogen and oxygen atoms in total. The Morgan fingerprint density at radius 3 is 1.00 bits per heavy atom. The summed E-state index contributed by atoms with van der Waals surface area (Å²) in [6, 6.07) is 0. The van der Waals surface area contributed by atoms with Crippen molar-refractivity contribution >= 4 is 49.6 Å². The van der Waals surface area contributed by atoms with Gasteiger partial charge in [0.1, 0.15) is 0 Å². The van der Waals surface area contributed by atoms with E-state index in [1.54, 1.807) is 0 Å². The second-order valence-corrected chi connectivity index (χ2v) is 11.6. The molecule has 0 aromatic heterocycles. The minimum Gasteiger partial charge on any atom is -0.400 e. The maximum absolute atomic E-state index is 7.00. The molecular formula is CH4Cl4OSi. The van der Waals surface area contributed by atoms with Crippen LogP contribution in [0.2, 0.25) is 0 Å². The highest BCUT2D eigenvalue weighted by Crippen LogP contribution is 2.23. The first-order valence-corrected chi connectivity index (χ1v) is 7.25. The van der Waals surface area contributed by atoms with Gasteiger partial charge in [-0.05, 0) is 0 Å². The van der Waals surface area contributed by atoms with Crippen molar-refractivity contribution in [2.45, 2.75) is 0 Å². The fraction of sp³-hybridized carbons (Fsp3) is 1.00. The van der Waals surface area contributed by atoms with Crippen LogP contribution in [0.3, 0.4) is 0 Å². The van der Waals surface area contributed by atoms with Gasteiger partial charge in [0.15, 0.2) is 0 Å². The molecule has 0 unspecified atom stereocenters. The van der Waals surface area contributed by atoms with Crippen LogP contribution in [0.25, 0.3) is 0 Å². The molecule has 0 fully saturated rings. The number of aliphatic hydroxyl groups is 1. The Labute approximate surface area is 62.0 Å². The van der Waals surface area contributed by atoms with E-state index in [1.807, 2.05) is 0 Å². The smallest absolute Gasteiger partial charge is 0.400 e. The van der Waals surface area contributed by atoms with E-state index in [2.05, 4.69) is 0 Å². The standard InChI is InChI=1S/CH4O.Cl4Si/c1-2;1-5(2,3)4/h2H,1H3;. The van der Waals surface area contributed by atoms with E-state index in [-0.39, 0.29) is 0 Å². The number of hydrogen-bond donors (Lipinski definition) is 1. The van der Waals surface area contributed by atoms with Crippen LogP contribution in [0.15, 0.2) is 0 Å². The van der Waals surface area contributed by atoms with Crippen molar-refractivity contribution < 1.29 is 5.11 Å². The molecule has 0 aliphatic rings. The van der Waals surface area contributed by atoms with E-state index in [0.29, 0.717) is 0 Å². The monoisotopic (exact) mass is 200 g/mol. The van der Waals surface area contributed by atoms with Crippen LogP contribution >= 0.6 is 44.3 Å². The molecule has 0 aromatic rings. The molecule has 1 N–H and O–H groups in total. The van der Waals surface area contributed by atoms with Crippen LogP contribution in [0, 0.1) is 0 Å². The Hall–Kier alpha value is 1.34. The normalized spacial score (nSPS) is 9.43. The summed E-state index contributed by atoms with van der Waals surface area (Å²) < 4.78 is 0. The fourth-order valence-corrected chi connectivity index (χ4v) is 0. The minimum atomic E-state index is -2.72. The molecule has 7 heavy (non-hydrogen) atoms. The Bertz CT molecular complexity index is 27.2. The summed E-state index contributed by atoms with van der Waals surface area (Å²) in [6.07, 6.45) is 0. The summed E-state index contributed by atoms with van der Waals surface area (Å²) in [4.78, 5) is 0. The summed E-state index contributed by atoms with van der Waals surface area (Å²) in [6.45, 7) is 0. The third kappa shape index (κ3) is 117. The summed E-state index contributed by atoms with van der Waals surface area (Å²) in [5.74, 6) is 0. The lowest BCUT2D eigenvalue weighted by atomic mass is 11.8. The summed E-state index contributed by atoms with van der Waals surface area (Å²) in [5, 5.41) is 4.28. The van der Waals surface area contributed by atoms with Gasteiger partial charge in [0.2, 0.25) is 0 Å². The lowest BCUT2D eigenvalue weighted by Crippen LogP contribution is -1.91. The molecule has 0 radical (unpaired) electrons. The largest absolute Gasteiger partial charge is 0.440 e. The average molecular weight is 202 g/mol. The maximum Gasteiger partial charge on any atom is 0.440 e. The summed E-state index contributed by atoms with van der Waals surface area (Å²) >= 11 is 19.9. The number of rotatable bonds is 0.